The van der Waals surface area contributed by atoms with Gasteiger partial charge in [0.1, 0.15) is 0 Å². The Morgan fingerprint density at radius 1 is 1.27 bits per heavy atom. The molecule has 114 valence electrons. The highest BCUT2D eigenvalue weighted by Crippen LogP contribution is 2.27. The lowest BCUT2D eigenvalue weighted by Crippen LogP contribution is -2.22. The van der Waals surface area contributed by atoms with Gasteiger partial charge in [0.25, 0.3) is 5.56 Å². The zero-order valence-electron chi connectivity index (χ0n) is 12.4. The average Bonchev–Trinajstić information content (AvgIpc) is 2.81. The Morgan fingerprint density at radius 2 is 1.95 bits per heavy atom. The second-order valence-electron chi connectivity index (χ2n) is 5.23. The van der Waals surface area contributed by atoms with Crippen molar-refractivity contribution in [2.45, 2.75) is 20.3 Å². The van der Waals surface area contributed by atoms with Crippen LogP contribution in [0.15, 0.2) is 29.1 Å². The molecule has 0 aliphatic rings. The number of hydrogen-bond acceptors (Lipinski definition) is 3. The number of aliphatic hydroxyl groups is 1. The predicted octanol–water partition coefficient (Wildman–Crippen LogP) is 2.49. The van der Waals surface area contributed by atoms with Crippen LogP contribution in [-0.2, 0) is 6.42 Å². The molecule has 0 aliphatic heterocycles. The fourth-order valence-electron chi connectivity index (χ4n) is 2.69. The van der Waals surface area contributed by atoms with Crippen LogP contribution in [0.1, 0.15) is 17.0 Å². The van der Waals surface area contributed by atoms with E-state index in [9.17, 15) is 4.79 Å². The first-order valence-corrected chi connectivity index (χ1v) is 7.38. The maximum absolute atomic E-state index is 12.5. The molecule has 2 heterocycles. The van der Waals surface area contributed by atoms with E-state index in [1.54, 1.807) is 6.92 Å². The molecule has 0 radical (unpaired) electrons. The molecule has 0 saturated heterocycles. The molecule has 6 heteroatoms. The summed E-state index contributed by atoms with van der Waals surface area (Å²) in [5.74, 6) is 0. The van der Waals surface area contributed by atoms with Crippen molar-refractivity contribution in [3.05, 3.63) is 56.6 Å². The first-order valence-electron chi connectivity index (χ1n) is 7.00. The average molecular weight is 318 g/mol. The number of halogens is 1. The van der Waals surface area contributed by atoms with Gasteiger partial charge < -0.3 is 5.11 Å². The number of aromatic amines is 1. The van der Waals surface area contributed by atoms with Crippen molar-refractivity contribution in [1.29, 1.82) is 0 Å². The van der Waals surface area contributed by atoms with Crippen molar-refractivity contribution in [2.24, 2.45) is 0 Å². The Kier molecular flexibility index (Phi) is 3.76. The normalized spacial score (nSPS) is 11.3. The summed E-state index contributed by atoms with van der Waals surface area (Å²) in [6, 6.07) is 7.43. The summed E-state index contributed by atoms with van der Waals surface area (Å²) in [4.78, 5) is 17.1. The zero-order valence-corrected chi connectivity index (χ0v) is 13.1. The van der Waals surface area contributed by atoms with Gasteiger partial charge in [-0.15, -0.1) is 0 Å². The smallest absolute Gasteiger partial charge is 0.276 e. The SMILES string of the molecule is Cc1nc2c(-c3ccc(Cl)cc3)c(C)[nH]n2c(=O)c1CCO. The highest BCUT2D eigenvalue weighted by molar-refractivity contribution is 6.30. The Bertz CT molecular complexity index is 894. The van der Waals surface area contributed by atoms with E-state index in [1.165, 1.54) is 4.52 Å². The summed E-state index contributed by atoms with van der Waals surface area (Å²) < 4.78 is 1.44. The molecule has 0 aliphatic carbocycles. The van der Waals surface area contributed by atoms with Crippen LogP contribution in [0, 0.1) is 13.8 Å². The van der Waals surface area contributed by atoms with Gasteiger partial charge in [-0.2, -0.15) is 0 Å². The van der Waals surface area contributed by atoms with Crippen molar-refractivity contribution >= 4 is 17.2 Å². The van der Waals surface area contributed by atoms with Crippen LogP contribution >= 0.6 is 11.6 Å². The molecule has 0 fully saturated rings. The van der Waals surface area contributed by atoms with Crippen molar-refractivity contribution in [1.82, 2.24) is 14.6 Å². The summed E-state index contributed by atoms with van der Waals surface area (Å²) >= 11 is 5.93. The third kappa shape index (κ3) is 2.32. The molecule has 0 unspecified atom stereocenters. The number of rotatable bonds is 3. The van der Waals surface area contributed by atoms with Gasteiger partial charge in [0.15, 0.2) is 5.65 Å². The number of nitrogens with zero attached hydrogens (tertiary/aromatic N) is 2. The number of benzene rings is 1. The van der Waals surface area contributed by atoms with Gasteiger partial charge in [-0.3, -0.25) is 9.89 Å². The molecule has 5 nitrogen and oxygen atoms in total. The molecule has 3 rings (SSSR count). The number of fused-ring (bicyclic) bond motifs is 1. The highest BCUT2D eigenvalue weighted by Gasteiger charge is 2.17. The first-order chi connectivity index (χ1) is 10.5. The monoisotopic (exact) mass is 317 g/mol. The Morgan fingerprint density at radius 3 is 2.59 bits per heavy atom. The van der Waals surface area contributed by atoms with Gasteiger partial charge in [-0.25, -0.2) is 9.50 Å². The quantitative estimate of drug-likeness (QED) is 0.779. The minimum absolute atomic E-state index is 0.0758. The summed E-state index contributed by atoms with van der Waals surface area (Å²) in [7, 11) is 0. The third-order valence-electron chi connectivity index (χ3n) is 3.76. The van der Waals surface area contributed by atoms with Crippen LogP contribution in [0.2, 0.25) is 5.02 Å². The third-order valence-corrected chi connectivity index (χ3v) is 4.01. The fourth-order valence-corrected chi connectivity index (χ4v) is 2.81. The molecular weight excluding hydrogens is 302 g/mol. The molecule has 3 aromatic rings. The first kappa shape index (κ1) is 14.8. The summed E-state index contributed by atoms with van der Waals surface area (Å²) in [6.45, 7) is 3.62. The minimum Gasteiger partial charge on any atom is -0.396 e. The lowest BCUT2D eigenvalue weighted by atomic mass is 10.1. The lowest BCUT2D eigenvalue weighted by molar-refractivity contribution is 0.298. The molecule has 0 saturated carbocycles. The van der Waals surface area contributed by atoms with E-state index >= 15 is 0 Å². The van der Waals surface area contributed by atoms with Crippen LogP contribution < -0.4 is 5.56 Å². The lowest BCUT2D eigenvalue weighted by Gasteiger charge is -2.05. The molecule has 0 atom stereocenters. The molecule has 0 bridgehead atoms. The molecule has 2 N–H and O–H groups in total. The van der Waals surface area contributed by atoms with Crippen LogP contribution in [0.5, 0.6) is 0 Å². The van der Waals surface area contributed by atoms with Gasteiger partial charge >= 0.3 is 0 Å². The number of aliphatic hydroxyl groups excluding tert-OH is 1. The molecular formula is C16H16ClN3O2. The second-order valence-corrected chi connectivity index (χ2v) is 5.67. The van der Waals surface area contributed by atoms with Crippen LogP contribution in [0.4, 0.5) is 0 Å². The number of aryl methyl sites for hydroxylation is 2. The maximum atomic E-state index is 12.5. The molecule has 0 amide bonds. The number of nitrogens with one attached hydrogen (secondary N) is 1. The van der Waals surface area contributed by atoms with Gasteiger partial charge in [-0.05, 0) is 31.5 Å². The standard InChI is InChI=1S/C16H16ClN3O2/c1-9-13(7-8-21)16(22)20-15(18-9)14(10(2)19-20)11-3-5-12(17)6-4-11/h3-6,19,21H,7-8H2,1-2H3. The highest BCUT2D eigenvalue weighted by atomic mass is 35.5. The fraction of sp³-hybridized carbons (Fsp3) is 0.250. The Hall–Kier alpha value is -2.11. The Labute approximate surface area is 132 Å². The van der Waals surface area contributed by atoms with Crippen molar-refractivity contribution in [2.75, 3.05) is 6.61 Å². The van der Waals surface area contributed by atoms with E-state index in [-0.39, 0.29) is 12.2 Å². The Balaban J connectivity index is 2.31. The van der Waals surface area contributed by atoms with Crippen molar-refractivity contribution < 1.29 is 5.11 Å². The maximum Gasteiger partial charge on any atom is 0.276 e. The number of hydrogen-bond donors (Lipinski definition) is 2. The molecule has 22 heavy (non-hydrogen) atoms. The van der Waals surface area contributed by atoms with Gasteiger partial charge in [0.05, 0.1) is 0 Å². The van der Waals surface area contributed by atoms with E-state index in [1.807, 2.05) is 31.2 Å². The van der Waals surface area contributed by atoms with Crippen molar-refractivity contribution in [3.8, 4) is 11.1 Å². The van der Waals surface area contributed by atoms with E-state index in [4.69, 9.17) is 16.7 Å². The van der Waals surface area contributed by atoms with Crippen molar-refractivity contribution in [3.63, 3.8) is 0 Å². The van der Waals surface area contributed by atoms with Gasteiger partial charge in [0, 0.05) is 40.6 Å². The summed E-state index contributed by atoms with van der Waals surface area (Å²) in [5, 5.41) is 12.8. The summed E-state index contributed by atoms with van der Waals surface area (Å²) in [5.41, 5.74) is 4.28. The minimum atomic E-state index is -0.167. The van der Waals surface area contributed by atoms with E-state index in [0.29, 0.717) is 28.3 Å². The molecule has 2 aromatic heterocycles. The predicted molar refractivity (Wildman–Crippen MR) is 86.5 cm³/mol. The topological polar surface area (TPSA) is 70.4 Å². The molecule has 0 spiro atoms. The summed E-state index contributed by atoms with van der Waals surface area (Å²) in [6.07, 6.45) is 0.301. The van der Waals surface area contributed by atoms with E-state index in [0.717, 1.165) is 16.8 Å². The van der Waals surface area contributed by atoms with Crippen LogP contribution in [0.3, 0.4) is 0 Å². The zero-order chi connectivity index (χ0) is 15.9. The van der Waals surface area contributed by atoms with E-state index in [2.05, 4.69) is 10.1 Å². The largest absolute Gasteiger partial charge is 0.396 e. The second kappa shape index (κ2) is 5.59. The number of H-pyrrole nitrogens is 1. The van der Waals surface area contributed by atoms with Gasteiger partial charge in [-0.1, -0.05) is 23.7 Å². The van der Waals surface area contributed by atoms with Crippen LogP contribution in [0.25, 0.3) is 16.8 Å². The van der Waals surface area contributed by atoms with Gasteiger partial charge in [0.2, 0.25) is 0 Å². The molecule has 1 aromatic carbocycles. The van der Waals surface area contributed by atoms with E-state index < -0.39 is 0 Å². The van der Waals surface area contributed by atoms with Crippen LogP contribution in [-0.4, -0.2) is 26.3 Å². The number of aromatic nitrogens is 3.